The molecule has 4 rings (SSSR count). The summed E-state index contributed by atoms with van der Waals surface area (Å²) in [6.07, 6.45) is -2.19. The molecule has 0 aromatic rings. The number of fused-ring (bicyclic) bond motifs is 5. The third-order valence-electron chi connectivity index (χ3n) is 8.65. The summed E-state index contributed by atoms with van der Waals surface area (Å²) in [6.45, 7) is 3.00. The normalized spacial score (nSPS) is 48.2. The summed E-state index contributed by atoms with van der Waals surface area (Å²) < 4.78 is 16.9. The Labute approximate surface area is 182 Å². The van der Waals surface area contributed by atoms with Gasteiger partial charge in [-0.25, -0.2) is 4.39 Å². The maximum atomic E-state index is 16.9. The Morgan fingerprint density at radius 1 is 1.31 bits per heavy atom. The first kappa shape index (κ1) is 23.0. The third kappa shape index (κ3) is 2.59. The number of hydrogen-bond acceptors (Lipinski definition) is 9. The molecule has 0 heterocycles. The fourth-order valence-corrected chi connectivity index (χ4v) is 6.99. The van der Waals surface area contributed by atoms with Gasteiger partial charge in [-0.2, -0.15) is 0 Å². The van der Waals surface area contributed by atoms with Crippen LogP contribution in [0.5, 0.6) is 0 Å². The molecule has 10 nitrogen and oxygen atoms in total. The highest BCUT2D eigenvalue weighted by Gasteiger charge is 2.76. The lowest BCUT2D eigenvalue weighted by atomic mass is 9.44. The van der Waals surface area contributed by atoms with Crippen molar-refractivity contribution in [3.8, 4) is 0 Å². The number of rotatable bonds is 4. The van der Waals surface area contributed by atoms with E-state index < -0.39 is 69.7 Å². The summed E-state index contributed by atoms with van der Waals surface area (Å²) in [6, 6.07) is 0. The largest absolute Gasteiger partial charge is 0.390 e. The smallest absolute Gasteiger partial charge is 0.297 e. The van der Waals surface area contributed by atoms with Crippen LogP contribution >= 0.6 is 0 Å². The second kappa shape index (κ2) is 6.89. The highest BCUT2D eigenvalue weighted by Crippen LogP contribution is 2.69. The van der Waals surface area contributed by atoms with Gasteiger partial charge in [0.05, 0.1) is 12.2 Å². The Balaban J connectivity index is 1.77. The molecule has 3 fully saturated rings. The Morgan fingerprint density at radius 2 is 1.97 bits per heavy atom. The zero-order chi connectivity index (χ0) is 23.9. The monoisotopic (exact) mass is 455 g/mol. The molecule has 0 bridgehead atoms. The average Bonchev–Trinajstić information content (AvgIpc) is 2.90. The molecule has 4 N–H and O–H groups in total. The first-order valence-electron chi connectivity index (χ1n) is 10.5. The van der Waals surface area contributed by atoms with E-state index in [4.69, 9.17) is 0 Å². The summed E-state index contributed by atoms with van der Waals surface area (Å²) in [4.78, 5) is 39.1. The average molecular weight is 455 g/mol. The molecule has 0 saturated heterocycles. The first-order valence-corrected chi connectivity index (χ1v) is 10.5. The topological polar surface area (TPSA) is 167 Å². The number of allylic oxidation sites excluding steroid dienone is 4. The molecule has 0 spiro atoms. The minimum atomic E-state index is -2.70. The highest BCUT2D eigenvalue weighted by atomic mass is 19.1. The number of ketones is 2. The second-order valence-electron chi connectivity index (χ2n) is 9.83. The number of carbonyl (C=O) groups is 2. The molecule has 3 saturated carbocycles. The zero-order valence-electron chi connectivity index (χ0n) is 17.6. The van der Waals surface area contributed by atoms with E-state index in [2.05, 4.69) is 4.84 Å². The van der Waals surface area contributed by atoms with Gasteiger partial charge in [0.15, 0.2) is 17.1 Å². The molecule has 0 aliphatic heterocycles. The molecule has 2 unspecified atom stereocenters. The lowest BCUT2D eigenvalue weighted by molar-refractivity contribution is -0.775. The maximum Gasteiger partial charge on any atom is 0.297 e. The summed E-state index contributed by atoms with van der Waals surface area (Å²) in [5.41, 5.74) is -7.30. The van der Waals surface area contributed by atoms with Crippen LogP contribution in [-0.2, 0) is 14.4 Å². The van der Waals surface area contributed by atoms with Gasteiger partial charge in [0, 0.05) is 16.7 Å². The van der Waals surface area contributed by atoms with Crippen LogP contribution in [0.1, 0.15) is 39.5 Å². The van der Waals surface area contributed by atoms with Crippen molar-refractivity contribution in [2.75, 3.05) is 0 Å². The molecule has 4 aliphatic rings. The predicted octanol–water partition coefficient (Wildman–Crippen LogP) is 0.155. The van der Waals surface area contributed by atoms with Gasteiger partial charge in [-0.05, 0) is 50.7 Å². The molecule has 9 atom stereocenters. The van der Waals surface area contributed by atoms with E-state index in [1.165, 1.54) is 25.2 Å². The number of halogens is 1. The molecule has 0 aromatic carbocycles. The zero-order valence-corrected chi connectivity index (χ0v) is 17.6. The summed E-state index contributed by atoms with van der Waals surface area (Å²) in [5, 5.41) is 52.1. The fourth-order valence-electron chi connectivity index (χ4n) is 6.99. The van der Waals surface area contributed by atoms with Crippen LogP contribution < -0.4 is 0 Å². The molecular weight excluding hydrogens is 429 g/mol. The van der Waals surface area contributed by atoms with Crippen molar-refractivity contribution < 1.29 is 44.3 Å². The number of Topliss-reactive ketones (excluding diaryl/α,β-unsaturated/α-hetero) is 1. The van der Waals surface area contributed by atoms with Gasteiger partial charge in [0.25, 0.3) is 11.4 Å². The Hall–Kier alpha value is -2.21. The molecule has 4 aliphatic carbocycles. The molecule has 0 radical (unpaired) electrons. The Kier molecular flexibility index (Phi) is 4.95. The quantitative estimate of drug-likeness (QED) is 0.262. The van der Waals surface area contributed by atoms with E-state index in [0.29, 0.717) is 12.0 Å². The van der Waals surface area contributed by atoms with Gasteiger partial charge < -0.3 is 20.4 Å². The molecule has 32 heavy (non-hydrogen) atoms. The lowest BCUT2D eigenvalue weighted by Gasteiger charge is -2.62. The minimum Gasteiger partial charge on any atom is -0.390 e. The summed E-state index contributed by atoms with van der Waals surface area (Å²) >= 11 is 0. The van der Waals surface area contributed by atoms with E-state index in [0.717, 1.165) is 0 Å². The summed E-state index contributed by atoms with van der Waals surface area (Å²) in [7, 11) is 0. The van der Waals surface area contributed by atoms with Gasteiger partial charge in [0.2, 0.25) is 5.78 Å². The van der Waals surface area contributed by atoms with Crippen LogP contribution in [0.15, 0.2) is 23.8 Å². The van der Waals surface area contributed by atoms with E-state index in [-0.39, 0.29) is 18.6 Å². The molecule has 0 amide bonds. The Morgan fingerprint density at radius 3 is 2.59 bits per heavy atom. The Bertz CT molecular complexity index is 952. The number of hydrogen-bond donors (Lipinski definition) is 4. The lowest BCUT2D eigenvalue weighted by Crippen LogP contribution is -2.70. The van der Waals surface area contributed by atoms with Crippen molar-refractivity contribution >= 4 is 11.6 Å². The SMILES string of the molecule is C[C@]12C[C@H](O)[C@@]3(F)[C@@H](CCC4=CC(=O)C=C[C@@]43C)[C@@H]1C[C@@H](O)C2(O)C(=O)C(O)O[N+](=O)[O-]. The standard InChI is InChI=1S/C21H26FNO9/c1-18-6-5-11(24)7-10(18)3-4-12-13-8-14(25)21(29,16(27)17(28)32-23(30)31)19(13,2)9-15(26)20(12,18)22/h5-7,12-15,17,25-26,28-29H,3-4,8-9H2,1-2H3/t12-,13-,14+,15-,17?,18-,19-,20-,21?/m0/s1. The van der Waals surface area contributed by atoms with Gasteiger partial charge in [-0.1, -0.05) is 18.6 Å². The van der Waals surface area contributed by atoms with Crippen molar-refractivity contribution in [1.82, 2.24) is 0 Å². The van der Waals surface area contributed by atoms with Crippen LogP contribution in [0.2, 0.25) is 0 Å². The number of carbonyl (C=O) groups excluding carboxylic acids is 2. The van der Waals surface area contributed by atoms with Crippen LogP contribution in [-0.4, -0.2) is 66.8 Å². The van der Waals surface area contributed by atoms with Gasteiger partial charge in [-0.15, -0.1) is 10.1 Å². The number of nitrogens with zero attached hydrogens (tertiary/aromatic N) is 1. The van der Waals surface area contributed by atoms with E-state index >= 15 is 4.39 Å². The fraction of sp³-hybridized carbons (Fsp3) is 0.714. The number of aliphatic hydroxyl groups excluding tert-OH is 3. The minimum absolute atomic E-state index is 0.196. The van der Waals surface area contributed by atoms with Crippen LogP contribution in [0.3, 0.4) is 0 Å². The molecule has 0 aromatic heterocycles. The van der Waals surface area contributed by atoms with E-state index in [1.54, 1.807) is 6.92 Å². The van der Waals surface area contributed by atoms with E-state index in [9.17, 15) is 40.1 Å². The van der Waals surface area contributed by atoms with E-state index in [1.807, 2.05) is 0 Å². The highest BCUT2D eigenvalue weighted by molar-refractivity contribution is 6.01. The van der Waals surface area contributed by atoms with Crippen LogP contribution in [0, 0.1) is 32.8 Å². The van der Waals surface area contributed by atoms with Crippen LogP contribution in [0.4, 0.5) is 4.39 Å². The van der Waals surface area contributed by atoms with Crippen molar-refractivity contribution in [3.05, 3.63) is 33.9 Å². The summed E-state index contributed by atoms with van der Waals surface area (Å²) in [5.74, 6) is -3.49. The molecule has 176 valence electrons. The maximum absolute atomic E-state index is 16.9. The van der Waals surface area contributed by atoms with Crippen molar-refractivity contribution in [2.45, 2.75) is 69.3 Å². The van der Waals surface area contributed by atoms with Gasteiger partial charge in [-0.3, -0.25) is 14.4 Å². The second-order valence-corrected chi connectivity index (χ2v) is 9.83. The predicted molar refractivity (Wildman–Crippen MR) is 104 cm³/mol. The van der Waals surface area contributed by atoms with Crippen molar-refractivity contribution in [1.29, 1.82) is 0 Å². The first-order chi connectivity index (χ1) is 14.7. The number of aliphatic hydroxyl groups is 4. The van der Waals surface area contributed by atoms with Gasteiger partial charge >= 0.3 is 0 Å². The van der Waals surface area contributed by atoms with Crippen molar-refractivity contribution in [3.63, 3.8) is 0 Å². The third-order valence-corrected chi connectivity index (χ3v) is 8.65. The van der Waals surface area contributed by atoms with Crippen LogP contribution in [0.25, 0.3) is 0 Å². The van der Waals surface area contributed by atoms with Crippen molar-refractivity contribution in [2.24, 2.45) is 22.7 Å². The van der Waals surface area contributed by atoms with Gasteiger partial charge in [0.1, 0.15) is 0 Å². The molecular formula is C21H26FNO9. The molecule has 11 heteroatoms. The number of alkyl halides is 1.